The van der Waals surface area contributed by atoms with Crippen molar-refractivity contribution in [1.82, 2.24) is 0 Å². The summed E-state index contributed by atoms with van der Waals surface area (Å²) in [7, 11) is 0. The highest BCUT2D eigenvalue weighted by Gasteiger charge is 2.36. The molecule has 74 valence electrons. The molecule has 0 amide bonds. The zero-order valence-electron chi connectivity index (χ0n) is 8.75. The van der Waals surface area contributed by atoms with Crippen molar-refractivity contribution < 1.29 is 5.11 Å². The van der Waals surface area contributed by atoms with Crippen LogP contribution in [0.2, 0.25) is 0 Å². The van der Waals surface area contributed by atoms with E-state index in [1.807, 2.05) is 0 Å². The number of hydrogen-bond acceptors (Lipinski definition) is 2. The normalized spacial score (nSPS) is 35.5. The maximum Gasteiger partial charge on any atom is 0.0659 e. The minimum atomic E-state index is -0.247. The molecule has 3 atom stereocenters. The topological polar surface area (TPSA) is 44.0 Å². The Morgan fingerprint density at radius 1 is 1.31 bits per heavy atom. The molecule has 3 unspecified atom stereocenters. The van der Waals surface area contributed by atoms with Gasteiger partial charge in [0.1, 0.15) is 0 Å². The van der Waals surface area contributed by atoms with Crippen LogP contribution in [0.4, 0.5) is 0 Å². The van der Waals surface area contributed by atoms with Gasteiger partial charge in [0.05, 0.1) is 18.1 Å². The molecule has 1 N–H and O–H groups in total. The first kappa shape index (κ1) is 10.5. The predicted molar refractivity (Wildman–Crippen MR) is 51.9 cm³/mol. The Morgan fingerprint density at radius 2 is 1.92 bits per heavy atom. The Bertz CT molecular complexity index is 211. The molecule has 1 saturated carbocycles. The summed E-state index contributed by atoms with van der Waals surface area (Å²) in [6.45, 7) is 6.54. The van der Waals surface area contributed by atoms with Crippen LogP contribution in [0.1, 0.15) is 40.0 Å². The van der Waals surface area contributed by atoms with E-state index in [1.165, 1.54) is 0 Å². The molecule has 1 fully saturated rings. The van der Waals surface area contributed by atoms with Gasteiger partial charge in [-0.2, -0.15) is 5.26 Å². The number of rotatable bonds is 0. The highest BCUT2D eigenvalue weighted by Crippen LogP contribution is 2.41. The van der Waals surface area contributed by atoms with Crippen molar-refractivity contribution in [1.29, 1.82) is 5.26 Å². The zero-order valence-corrected chi connectivity index (χ0v) is 8.75. The molecular formula is C11H19NO. The van der Waals surface area contributed by atoms with Gasteiger partial charge in [-0.1, -0.05) is 20.8 Å². The van der Waals surface area contributed by atoms with E-state index >= 15 is 0 Å². The lowest BCUT2D eigenvalue weighted by atomic mass is 9.66. The summed E-state index contributed by atoms with van der Waals surface area (Å²) >= 11 is 0. The number of aliphatic hydroxyl groups excluding tert-OH is 1. The molecule has 2 heteroatoms. The molecule has 1 aliphatic carbocycles. The maximum absolute atomic E-state index is 9.44. The molecule has 0 aromatic rings. The highest BCUT2D eigenvalue weighted by atomic mass is 16.3. The van der Waals surface area contributed by atoms with Gasteiger partial charge in [0.2, 0.25) is 0 Å². The molecule has 0 spiro atoms. The Morgan fingerprint density at radius 3 is 2.38 bits per heavy atom. The molecule has 2 nitrogen and oxygen atoms in total. The first-order chi connectivity index (χ1) is 5.95. The number of nitrogens with zero attached hydrogens (tertiary/aromatic N) is 1. The minimum absolute atomic E-state index is 0.0451. The van der Waals surface area contributed by atoms with Gasteiger partial charge in [0, 0.05) is 0 Å². The molecule has 0 radical (unpaired) electrons. The molecule has 1 rings (SSSR count). The van der Waals surface area contributed by atoms with E-state index < -0.39 is 0 Å². The van der Waals surface area contributed by atoms with E-state index in [0.717, 1.165) is 12.8 Å². The molecular weight excluding hydrogens is 162 g/mol. The summed E-state index contributed by atoms with van der Waals surface area (Å²) in [6, 6.07) is 2.33. The Hall–Kier alpha value is -0.550. The second-order valence-corrected chi connectivity index (χ2v) is 5.17. The van der Waals surface area contributed by atoms with Crippen molar-refractivity contribution in [3.8, 4) is 6.07 Å². The minimum Gasteiger partial charge on any atom is -0.393 e. The summed E-state index contributed by atoms with van der Waals surface area (Å²) in [4.78, 5) is 0. The van der Waals surface area contributed by atoms with Gasteiger partial charge in [0.25, 0.3) is 0 Å². The zero-order chi connectivity index (χ0) is 10.1. The van der Waals surface area contributed by atoms with Gasteiger partial charge >= 0.3 is 0 Å². The van der Waals surface area contributed by atoms with Crippen LogP contribution >= 0.6 is 0 Å². The van der Waals surface area contributed by atoms with Gasteiger partial charge in [-0.3, -0.25) is 0 Å². The Labute approximate surface area is 80.6 Å². The maximum atomic E-state index is 9.44. The first-order valence-electron chi connectivity index (χ1n) is 5.03. The second kappa shape index (κ2) is 3.67. The smallest absolute Gasteiger partial charge is 0.0659 e. The lowest BCUT2D eigenvalue weighted by Gasteiger charge is -2.38. The Kier molecular flexibility index (Phi) is 2.98. The van der Waals surface area contributed by atoms with E-state index in [4.69, 9.17) is 5.26 Å². The van der Waals surface area contributed by atoms with Crippen molar-refractivity contribution in [2.75, 3.05) is 0 Å². The number of hydrogen-bond donors (Lipinski definition) is 1. The number of aliphatic hydroxyl groups is 1. The van der Waals surface area contributed by atoms with Crippen molar-refractivity contribution in [2.45, 2.75) is 46.1 Å². The molecule has 0 saturated heterocycles. The summed E-state index contributed by atoms with van der Waals surface area (Å²) in [5.41, 5.74) is 0.195. The van der Waals surface area contributed by atoms with E-state index in [9.17, 15) is 5.11 Å². The molecule has 0 bridgehead atoms. The van der Waals surface area contributed by atoms with Gasteiger partial charge in [-0.05, 0) is 30.6 Å². The number of nitriles is 1. The van der Waals surface area contributed by atoms with Crippen LogP contribution in [-0.4, -0.2) is 11.2 Å². The molecule has 0 aliphatic heterocycles. The molecule has 0 heterocycles. The largest absolute Gasteiger partial charge is 0.393 e. The predicted octanol–water partition coefficient (Wildman–Crippen LogP) is 2.33. The molecule has 0 aromatic carbocycles. The SMILES string of the molecule is CC(C)(C)C1CCC(O)CC1C#N. The fourth-order valence-electron chi connectivity index (χ4n) is 2.33. The first-order valence-corrected chi connectivity index (χ1v) is 5.03. The van der Waals surface area contributed by atoms with Gasteiger partial charge in [-0.25, -0.2) is 0 Å². The fourth-order valence-corrected chi connectivity index (χ4v) is 2.33. The van der Waals surface area contributed by atoms with Crippen molar-refractivity contribution in [3.63, 3.8) is 0 Å². The average Bonchev–Trinajstić information content (AvgIpc) is 2.01. The van der Waals surface area contributed by atoms with Crippen molar-refractivity contribution >= 4 is 0 Å². The van der Waals surface area contributed by atoms with E-state index in [0.29, 0.717) is 12.3 Å². The monoisotopic (exact) mass is 181 g/mol. The highest BCUT2D eigenvalue weighted by molar-refractivity contribution is 4.97. The molecule has 13 heavy (non-hydrogen) atoms. The quantitative estimate of drug-likeness (QED) is 0.623. The van der Waals surface area contributed by atoms with Gasteiger partial charge in [-0.15, -0.1) is 0 Å². The van der Waals surface area contributed by atoms with E-state index in [1.54, 1.807) is 0 Å². The van der Waals surface area contributed by atoms with Crippen LogP contribution in [0.3, 0.4) is 0 Å². The Balaban J connectivity index is 2.70. The van der Waals surface area contributed by atoms with Crippen molar-refractivity contribution in [2.24, 2.45) is 17.3 Å². The van der Waals surface area contributed by atoms with E-state index in [2.05, 4.69) is 26.8 Å². The standard InChI is InChI=1S/C11H19NO/c1-11(2,3)10-5-4-9(13)6-8(10)7-12/h8-10,13H,4-6H2,1-3H3. The van der Waals surface area contributed by atoms with Crippen LogP contribution in [-0.2, 0) is 0 Å². The summed E-state index contributed by atoms with van der Waals surface area (Å²) in [5.74, 6) is 0.490. The van der Waals surface area contributed by atoms with Crippen LogP contribution in [0, 0.1) is 28.6 Å². The van der Waals surface area contributed by atoms with Gasteiger partial charge in [0.15, 0.2) is 0 Å². The van der Waals surface area contributed by atoms with Gasteiger partial charge < -0.3 is 5.11 Å². The van der Waals surface area contributed by atoms with Crippen LogP contribution in [0.5, 0.6) is 0 Å². The lowest BCUT2D eigenvalue weighted by molar-refractivity contribution is 0.0455. The third kappa shape index (κ3) is 2.45. The average molecular weight is 181 g/mol. The third-order valence-corrected chi connectivity index (χ3v) is 3.10. The second-order valence-electron chi connectivity index (χ2n) is 5.17. The van der Waals surface area contributed by atoms with Crippen molar-refractivity contribution in [3.05, 3.63) is 0 Å². The molecule has 0 aromatic heterocycles. The summed E-state index contributed by atoms with van der Waals surface area (Å²) < 4.78 is 0. The molecule has 1 aliphatic rings. The van der Waals surface area contributed by atoms with Crippen LogP contribution in [0.25, 0.3) is 0 Å². The summed E-state index contributed by atoms with van der Waals surface area (Å²) in [5, 5.41) is 18.4. The van der Waals surface area contributed by atoms with Crippen LogP contribution < -0.4 is 0 Å². The fraction of sp³-hybridized carbons (Fsp3) is 0.909. The lowest BCUT2D eigenvalue weighted by Crippen LogP contribution is -2.34. The third-order valence-electron chi connectivity index (χ3n) is 3.10. The summed E-state index contributed by atoms with van der Waals surface area (Å²) in [6.07, 6.45) is 2.27. The van der Waals surface area contributed by atoms with Crippen LogP contribution in [0.15, 0.2) is 0 Å². The van der Waals surface area contributed by atoms with E-state index in [-0.39, 0.29) is 17.4 Å².